The monoisotopic (exact) mass is 558 g/mol. The smallest absolute Gasteiger partial charge is 0.244 e. The van der Waals surface area contributed by atoms with E-state index in [1.165, 1.54) is 0 Å². The molecule has 1 N–H and O–H groups in total. The molecule has 0 amide bonds. The number of fused-ring (bicyclic) bond motifs is 1. The fourth-order valence-electron chi connectivity index (χ4n) is 4.04. The van der Waals surface area contributed by atoms with Crippen molar-refractivity contribution in [1.82, 2.24) is 34.7 Å². The molecule has 4 heterocycles. The summed E-state index contributed by atoms with van der Waals surface area (Å²) >= 11 is 0. The third-order valence-electron chi connectivity index (χ3n) is 6.00. The summed E-state index contributed by atoms with van der Waals surface area (Å²) < 4.78 is 26.9. The van der Waals surface area contributed by atoms with Crippen LogP contribution in [0.25, 0.3) is 28.0 Å². The van der Waals surface area contributed by atoms with Crippen LogP contribution in [0.1, 0.15) is 11.5 Å². The average molecular weight is 559 g/mol. The Morgan fingerprint density at radius 3 is 2.50 bits per heavy atom. The molecule has 0 saturated carbocycles. The summed E-state index contributed by atoms with van der Waals surface area (Å²) in [6, 6.07) is 12.3. The molecule has 0 aliphatic carbocycles. The second kappa shape index (κ2) is 11.4. The molecule has 12 heteroatoms. The van der Waals surface area contributed by atoms with Crippen LogP contribution in [0.5, 0.6) is 5.88 Å². The minimum Gasteiger partial charge on any atom is -0.449 e. The normalized spacial score (nSPS) is 11.7. The Morgan fingerprint density at radius 1 is 0.950 bits per heavy atom. The van der Waals surface area contributed by atoms with Crippen molar-refractivity contribution in [3.8, 4) is 23.0 Å². The molecule has 206 valence electrons. The first kappa shape index (κ1) is 27.3. The predicted molar refractivity (Wildman–Crippen MR) is 154 cm³/mol. The van der Waals surface area contributed by atoms with Gasteiger partial charge in [-0.05, 0) is 32.0 Å². The van der Waals surface area contributed by atoms with E-state index in [1.54, 1.807) is 10.9 Å². The van der Waals surface area contributed by atoms with E-state index in [4.69, 9.17) is 14.6 Å². The highest BCUT2D eigenvalue weighted by molar-refractivity contribution is 6.76. The molecule has 1 aromatic carbocycles. The van der Waals surface area contributed by atoms with Crippen LogP contribution < -0.4 is 10.1 Å². The van der Waals surface area contributed by atoms with Crippen LogP contribution in [0.4, 0.5) is 16.0 Å². The summed E-state index contributed by atoms with van der Waals surface area (Å²) in [5, 5.41) is 8.74. The molecule has 0 aliphatic rings. The minimum atomic E-state index is -1.21. The number of nitrogens with one attached hydrogen (secondary N) is 1. The first-order valence-electron chi connectivity index (χ1n) is 12.9. The number of aryl methyl sites for hydroxylation is 2. The highest BCUT2D eigenvalue weighted by atomic mass is 28.3. The van der Waals surface area contributed by atoms with Gasteiger partial charge in [0.1, 0.15) is 17.5 Å². The molecule has 0 spiro atoms. The number of ether oxygens (including phenoxy) is 2. The molecule has 0 saturated heterocycles. The first-order chi connectivity index (χ1) is 19.1. The van der Waals surface area contributed by atoms with Crippen molar-refractivity contribution in [2.24, 2.45) is 0 Å². The number of aromatic nitrogens is 7. The van der Waals surface area contributed by atoms with Gasteiger partial charge in [-0.3, -0.25) is 0 Å². The van der Waals surface area contributed by atoms with E-state index < -0.39 is 13.9 Å². The second-order valence-electron chi connectivity index (χ2n) is 10.6. The SMILES string of the molecule is Cc1cc(Nc2cc3c(cn2)c(OCOCC[Si](C)(C)C)nn3-c2cccc(-c3ncc(F)cn3)c2)nc(C)n1. The Balaban J connectivity index is 1.50. The van der Waals surface area contributed by atoms with Crippen molar-refractivity contribution in [1.29, 1.82) is 0 Å². The van der Waals surface area contributed by atoms with Crippen LogP contribution in [0.3, 0.4) is 0 Å². The molecule has 0 bridgehead atoms. The number of rotatable bonds is 10. The molecule has 4 aromatic heterocycles. The lowest BCUT2D eigenvalue weighted by atomic mass is 10.2. The molecular formula is C28H31FN8O2Si. The summed E-state index contributed by atoms with van der Waals surface area (Å²) in [6.45, 7) is 11.4. The maximum absolute atomic E-state index is 13.4. The topological polar surface area (TPSA) is 113 Å². The van der Waals surface area contributed by atoms with Gasteiger partial charge in [0.15, 0.2) is 18.4 Å². The zero-order valence-corrected chi connectivity index (χ0v) is 24.1. The lowest BCUT2D eigenvalue weighted by Gasteiger charge is -2.15. The number of nitrogens with zero attached hydrogens (tertiary/aromatic N) is 7. The van der Waals surface area contributed by atoms with E-state index in [0.29, 0.717) is 35.8 Å². The van der Waals surface area contributed by atoms with Crippen molar-refractivity contribution < 1.29 is 13.9 Å². The number of hydrogen-bond donors (Lipinski definition) is 1. The molecular weight excluding hydrogens is 527 g/mol. The maximum atomic E-state index is 13.4. The van der Waals surface area contributed by atoms with Gasteiger partial charge < -0.3 is 14.8 Å². The molecule has 10 nitrogen and oxygen atoms in total. The molecule has 0 unspecified atom stereocenters. The van der Waals surface area contributed by atoms with Crippen molar-refractivity contribution in [3.05, 3.63) is 72.3 Å². The van der Waals surface area contributed by atoms with Gasteiger partial charge in [-0.2, -0.15) is 0 Å². The zero-order valence-electron chi connectivity index (χ0n) is 23.1. The Hall–Kier alpha value is -4.29. The molecule has 5 rings (SSSR count). The quantitative estimate of drug-likeness (QED) is 0.128. The van der Waals surface area contributed by atoms with Gasteiger partial charge in [-0.25, -0.2) is 34.0 Å². The van der Waals surface area contributed by atoms with E-state index >= 15 is 0 Å². The van der Waals surface area contributed by atoms with Crippen LogP contribution in [0.15, 0.2) is 55.0 Å². The molecule has 0 radical (unpaired) electrons. The fraction of sp³-hybridized carbons (Fsp3) is 0.286. The van der Waals surface area contributed by atoms with Gasteiger partial charge in [0.2, 0.25) is 5.88 Å². The molecule has 0 atom stereocenters. The lowest BCUT2D eigenvalue weighted by molar-refractivity contribution is 0.0199. The van der Waals surface area contributed by atoms with Gasteiger partial charge in [0.05, 0.1) is 29.0 Å². The number of hydrogen-bond acceptors (Lipinski definition) is 9. The summed E-state index contributed by atoms with van der Waals surface area (Å²) in [7, 11) is -1.21. The number of anilines is 2. The van der Waals surface area contributed by atoms with Crippen LogP contribution in [0, 0.1) is 19.7 Å². The van der Waals surface area contributed by atoms with Crippen molar-refractivity contribution in [2.75, 3.05) is 18.7 Å². The summed E-state index contributed by atoms with van der Waals surface area (Å²) in [5.74, 6) is 2.21. The maximum Gasteiger partial charge on any atom is 0.244 e. The van der Waals surface area contributed by atoms with E-state index in [9.17, 15) is 4.39 Å². The summed E-state index contributed by atoms with van der Waals surface area (Å²) in [5.41, 5.74) is 3.08. The predicted octanol–water partition coefficient (Wildman–Crippen LogP) is 5.86. The van der Waals surface area contributed by atoms with Crippen molar-refractivity contribution in [2.45, 2.75) is 39.5 Å². The standard InChI is InChI=1S/C28H31FN8O2Si/c1-18-11-26(34-19(2)33-18)35-25-13-24-23(16-30-25)28(39-17-38-9-10-40(3,4)5)36-37(24)22-8-6-7-20(12-22)27-31-14-21(29)15-32-27/h6-8,11-16H,9-10,17H2,1-5H3,(H,30,33,34,35). The second-order valence-corrected chi connectivity index (χ2v) is 16.2. The van der Waals surface area contributed by atoms with Crippen LogP contribution >= 0.6 is 0 Å². The van der Waals surface area contributed by atoms with Gasteiger partial charge in [-0.15, -0.1) is 5.10 Å². The van der Waals surface area contributed by atoms with Gasteiger partial charge in [0.25, 0.3) is 0 Å². The number of pyridine rings is 1. The van der Waals surface area contributed by atoms with Gasteiger partial charge in [-0.1, -0.05) is 31.8 Å². The fourth-order valence-corrected chi connectivity index (χ4v) is 4.80. The zero-order chi connectivity index (χ0) is 28.3. The van der Waals surface area contributed by atoms with Crippen LogP contribution in [-0.4, -0.2) is 56.2 Å². The lowest BCUT2D eigenvalue weighted by Crippen LogP contribution is -2.22. The Morgan fingerprint density at radius 2 is 1.75 bits per heavy atom. The number of halogens is 1. The molecule has 5 aromatic rings. The third-order valence-corrected chi connectivity index (χ3v) is 7.70. The van der Waals surface area contributed by atoms with E-state index in [0.717, 1.165) is 46.3 Å². The Kier molecular flexibility index (Phi) is 7.80. The van der Waals surface area contributed by atoms with Crippen LogP contribution in [-0.2, 0) is 4.74 Å². The van der Waals surface area contributed by atoms with Crippen molar-refractivity contribution in [3.63, 3.8) is 0 Å². The van der Waals surface area contributed by atoms with E-state index in [-0.39, 0.29) is 6.79 Å². The van der Waals surface area contributed by atoms with Gasteiger partial charge in [0, 0.05) is 44.3 Å². The summed E-state index contributed by atoms with van der Waals surface area (Å²) in [6.07, 6.45) is 4.01. The van der Waals surface area contributed by atoms with Gasteiger partial charge >= 0.3 is 0 Å². The largest absolute Gasteiger partial charge is 0.449 e. The summed E-state index contributed by atoms with van der Waals surface area (Å²) in [4.78, 5) is 21.6. The van der Waals surface area contributed by atoms with Crippen LogP contribution in [0.2, 0.25) is 25.7 Å². The average Bonchev–Trinajstić information content (AvgIpc) is 3.25. The van der Waals surface area contributed by atoms with E-state index in [2.05, 4.69) is 49.9 Å². The van der Waals surface area contributed by atoms with E-state index in [1.807, 2.05) is 50.2 Å². The molecule has 0 aliphatic heterocycles. The Bertz CT molecular complexity index is 1620. The molecule has 0 fully saturated rings. The highest BCUT2D eigenvalue weighted by Crippen LogP contribution is 2.30. The van der Waals surface area contributed by atoms with Crippen molar-refractivity contribution >= 4 is 30.6 Å². The first-order valence-corrected chi connectivity index (χ1v) is 16.6. The highest BCUT2D eigenvalue weighted by Gasteiger charge is 2.17. The Labute approximate surface area is 232 Å². The number of benzene rings is 1. The molecule has 40 heavy (non-hydrogen) atoms. The third kappa shape index (κ3) is 6.64. The minimum absolute atomic E-state index is 0.0829.